The number of carbonyl (C=O) groups excluding carboxylic acids is 2. The Bertz CT molecular complexity index is 1420. The molecule has 1 aromatic carbocycles. The molecule has 42 heavy (non-hydrogen) atoms. The van der Waals surface area contributed by atoms with Crippen LogP contribution in [-0.2, 0) is 22.3 Å². The predicted octanol–water partition coefficient (Wildman–Crippen LogP) is 2.96. The molecule has 0 bridgehead atoms. The smallest absolute Gasteiger partial charge is 0.550 e. The Morgan fingerprint density at radius 3 is 2.48 bits per heavy atom. The molecule has 3 aromatic rings. The number of benzene rings is 1. The normalized spacial score (nSPS) is 14.4. The van der Waals surface area contributed by atoms with Gasteiger partial charge in [0.1, 0.15) is 5.82 Å². The Morgan fingerprint density at radius 2 is 1.90 bits per heavy atom. The first-order valence-electron chi connectivity index (χ1n) is 13.5. The van der Waals surface area contributed by atoms with Gasteiger partial charge in [-0.1, -0.05) is 32.0 Å². The summed E-state index contributed by atoms with van der Waals surface area (Å²) in [6.45, 7) is 7.89. The second kappa shape index (κ2) is 13.3. The van der Waals surface area contributed by atoms with Crippen molar-refractivity contribution >= 4 is 17.6 Å². The van der Waals surface area contributed by atoms with Crippen LogP contribution in [0.4, 0.5) is 23.2 Å². The van der Waals surface area contributed by atoms with Crippen molar-refractivity contribution in [1.82, 2.24) is 14.9 Å². The van der Waals surface area contributed by atoms with Crippen molar-refractivity contribution in [3.8, 4) is 11.3 Å². The van der Waals surface area contributed by atoms with Gasteiger partial charge in [-0.3, -0.25) is 9.48 Å². The zero-order chi connectivity index (χ0) is 30.1. The van der Waals surface area contributed by atoms with Crippen molar-refractivity contribution in [3.05, 3.63) is 52.7 Å². The van der Waals surface area contributed by atoms with E-state index >= 15 is 0 Å². The van der Waals surface area contributed by atoms with Gasteiger partial charge in [0, 0.05) is 36.6 Å². The summed E-state index contributed by atoms with van der Waals surface area (Å²) in [6.07, 6.45) is -2.30. The number of nitrogens with zero attached hydrogens (tertiary/aromatic N) is 3. The van der Waals surface area contributed by atoms with Gasteiger partial charge in [0.05, 0.1) is 16.9 Å². The molecule has 0 aliphatic heterocycles. The van der Waals surface area contributed by atoms with Crippen LogP contribution in [-0.4, -0.2) is 26.8 Å². The molecule has 1 saturated carbocycles. The van der Waals surface area contributed by atoms with Crippen LogP contribution < -0.4 is 40.0 Å². The van der Waals surface area contributed by atoms with Crippen LogP contribution in [0.2, 0.25) is 0 Å². The number of carboxylic acid groups (broad SMARTS) is 1. The van der Waals surface area contributed by atoms with Gasteiger partial charge in [-0.2, -0.15) is 18.3 Å². The first kappa shape index (κ1) is 33.8. The van der Waals surface area contributed by atoms with E-state index in [1.54, 1.807) is 13.0 Å². The molecule has 2 aromatic heterocycles. The molecule has 1 aliphatic rings. The molecule has 0 radical (unpaired) electrons. The maximum Gasteiger partial charge on any atom is 1.00 e. The monoisotopic (exact) mass is 600 g/mol. The van der Waals surface area contributed by atoms with Crippen molar-refractivity contribution < 1.29 is 66.3 Å². The van der Waals surface area contributed by atoms with Gasteiger partial charge in [-0.15, -0.1) is 0 Å². The van der Waals surface area contributed by atoms with Gasteiger partial charge in [0.15, 0.2) is 11.5 Å². The molecule has 13 heteroatoms. The summed E-state index contributed by atoms with van der Waals surface area (Å²) in [4.78, 5) is 24.2. The number of hydrogen-bond acceptors (Lipinski definition) is 6. The van der Waals surface area contributed by atoms with Crippen molar-refractivity contribution in [2.24, 2.45) is 5.41 Å². The summed E-state index contributed by atoms with van der Waals surface area (Å²) in [7, 11) is 0. The van der Waals surface area contributed by atoms with Crippen molar-refractivity contribution in [2.75, 3.05) is 5.32 Å². The summed E-state index contributed by atoms with van der Waals surface area (Å²) in [5.74, 6) is -3.65. The average molecular weight is 601 g/mol. The zero-order valence-corrected chi connectivity index (χ0v) is 26.4. The number of amides is 1. The van der Waals surface area contributed by atoms with Gasteiger partial charge < -0.3 is 19.7 Å². The third-order valence-corrected chi connectivity index (χ3v) is 7.02. The molecule has 0 unspecified atom stereocenters. The fourth-order valence-corrected chi connectivity index (χ4v) is 4.70. The van der Waals surface area contributed by atoms with Gasteiger partial charge >= 0.3 is 35.7 Å². The standard InChI is InChI=1S/C29H34F4N4O4.Na/c1-16-5-9-21(20(30)13-16)34-22(38)14-18(8-10-23(39)40)25-24(17-6-7-17)26(41-36-25)19-15-37(12-11-28(2,3)4)35-27(19)29(31,32)33;/h5,9,13,15,17-18H,6-8,10-12,14H2,1-4H3,(H,34,38)(H,39,40);/q;+1/p-1/t18-;/m0./s1. The largest absolute Gasteiger partial charge is 1.00 e. The molecular weight excluding hydrogens is 567 g/mol. The molecule has 0 saturated heterocycles. The fraction of sp³-hybridized carbons (Fsp3) is 0.517. The van der Waals surface area contributed by atoms with E-state index in [-0.39, 0.29) is 83.0 Å². The molecule has 1 amide bonds. The van der Waals surface area contributed by atoms with Crippen molar-refractivity contribution in [2.45, 2.75) is 90.8 Å². The number of carboxylic acids is 1. The molecule has 222 valence electrons. The van der Waals surface area contributed by atoms with Gasteiger partial charge in [0.25, 0.3) is 0 Å². The van der Waals surface area contributed by atoms with Crippen LogP contribution in [0.3, 0.4) is 0 Å². The topological polar surface area (TPSA) is 113 Å². The van der Waals surface area contributed by atoms with Crippen molar-refractivity contribution in [1.29, 1.82) is 0 Å². The number of hydrogen-bond donors (Lipinski definition) is 1. The number of alkyl halides is 3. The molecule has 8 nitrogen and oxygen atoms in total. The first-order chi connectivity index (χ1) is 19.1. The predicted molar refractivity (Wildman–Crippen MR) is 140 cm³/mol. The van der Waals surface area contributed by atoms with E-state index in [4.69, 9.17) is 4.52 Å². The molecule has 1 fully saturated rings. The third-order valence-electron chi connectivity index (χ3n) is 7.02. The number of nitrogens with one attached hydrogen (secondary N) is 1. The molecule has 1 aliphatic carbocycles. The fourth-order valence-electron chi connectivity index (χ4n) is 4.70. The number of aryl methyl sites for hydroxylation is 2. The van der Waals surface area contributed by atoms with E-state index in [1.165, 1.54) is 23.0 Å². The molecular formula is C29H33F4N4NaO4. The maximum absolute atomic E-state index is 14.3. The van der Waals surface area contributed by atoms with Crippen LogP contribution in [0.25, 0.3) is 11.3 Å². The zero-order valence-electron chi connectivity index (χ0n) is 24.4. The number of carbonyl (C=O) groups is 2. The first-order valence-corrected chi connectivity index (χ1v) is 13.5. The molecule has 4 rings (SSSR count). The summed E-state index contributed by atoms with van der Waals surface area (Å²) in [6, 6.07) is 4.30. The minimum Gasteiger partial charge on any atom is -0.550 e. The van der Waals surface area contributed by atoms with E-state index in [0.29, 0.717) is 30.4 Å². The van der Waals surface area contributed by atoms with Crippen LogP contribution in [0.1, 0.15) is 93.6 Å². The molecule has 0 spiro atoms. The van der Waals surface area contributed by atoms with Crippen LogP contribution in [0, 0.1) is 18.2 Å². The van der Waals surface area contributed by atoms with E-state index in [0.717, 1.165) is 0 Å². The molecule has 1 N–H and O–H groups in total. The number of anilines is 1. The Morgan fingerprint density at radius 1 is 1.21 bits per heavy atom. The second-order valence-corrected chi connectivity index (χ2v) is 11.9. The van der Waals surface area contributed by atoms with Crippen LogP contribution in [0.15, 0.2) is 28.9 Å². The SMILES string of the molecule is Cc1ccc(NC(=O)C[C@H](CCC(=O)[O-])c2noc(-c3cn(CCC(C)(C)C)nc3C(F)(F)F)c2C2CC2)c(F)c1.[Na+]. The van der Waals surface area contributed by atoms with E-state index in [1.807, 2.05) is 20.8 Å². The molecule has 1 atom stereocenters. The second-order valence-electron chi connectivity index (χ2n) is 11.9. The maximum atomic E-state index is 14.3. The Labute approximate surface area is 263 Å². The Kier molecular flexibility index (Phi) is 10.7. The quantitative estimate of drug-likeness (QED) is 0.268. The summed E-state index contributed by atoms with van der Waals surface area (Å²) >= 11 is 0. The van der Waals surface area contributed by atoms with Crippen LogP contribution >= 0.6 is 0 Å². The Balaban J connectivity index is 0.00000484. The summed E-state index contributed by atoms with van der Waals surface area (Å²) < 4.78 is 63.4. The van der Waals surface area contributed by atoms with E-state index < -0.39 is 41.9 Å². The number of halogens is 4. The summed E-state index contributed by atoms with van der Waals surface area (Å²) in [5.41, 5.74) is -0.220. The Hall–Kier alpha value is -2.70. The van der Waals surface area contributed by atoms with E-state index in [2.05, 4.69) is 15.6 Å². The minimum atomic E-state index is -4.76. The minimum absolute atomic E-state index is 0. The van der Waals surface area contributed by atoms with Crippen molar-refractivity contribution in [3.63, 3.8) is 0 Å². The number of aromatic nitrogens is 3. The van der Waals surface area contributed by atoms with E-state index in [9.17, 15) is 32.3 Å². The molecule has 2 heterocycles. The number of rotatable bonds is 11. The van der Waals surface area contributed by atoms with Gasteiger partial charge in [-0.05, 0) is 68.1 Å². The average Bonchev–Trinajstić information content (AvgIpc) is 3.43. The third kappa shape index (κ3) is 8.67. The number of aliphatic carboxylic acids is 1. The van der Waals surface area contributed by atoms with Gasteiger partial charge in [0.2, 0.25) is 5.91 Å². The van der Waals surface area contributed by atoms with Gasteiger partial charge in [-0.25, -0.2) is 4.39 Å². The summed E-state index contributed by atoms with van der Waals surface area (Å²) in [5, 5.41) is 21.7. The van der Waals surface area contributed by atoms with Crippen LogP contribution in [0.5, 0.6) is 0 Å².